The Kier molecular flexibility index (Phi) is 31.2. The molecule has 0 aliphatic heterocycles. The van der Waals surface area contributed by atoms with Crippen molar-refractivity contribution in [3.05, 3.63) is 36.5 Å². The first-order chi connectivity index (χ1) is 6.35. The lowest BCUT2D eigenvalue weighted by molar-refractivity contribution is 0.335. The minimum absolute atomic E-state index is 0.0981. The molecule has 0 aromatic heterocycles. The topological polar surface area (TPSA) is 20.2 Å². The van der Waals surface area contributed by atoms with Gasteiger partial charge in [0.2, 0.25) is 0 Å². The Hall–Kier alpha value is -0.820. The number of rotatable bonds is 3. The summed E-state index contributed by atoms with van der Waals surface area (Å²) in [4.78, 5) is 0. The molecule has 1 N–H and O–H groups in total. The monoisotopic (exact) mass is 184 g/mol. The van der Waals surface area contributed by atoms with Crippen LogP contribution in [-0.2, 0) is 0 Å². The molecule has 0 unspecified atom stereocenters. The molecular weight excluding hydrogens is 160 g/mol. The summed E-state index contributed by atoms with van der Waals surface area (Å²) in [6.45, 7) is 13.5. The van der Waals surface area contributed by atoms with Gasteiger partial charge in [-0.25, -0.2) is 0 Å². The molecule has 0 saturated carbocycles. The van der Waals surface area contributed by atoms with Crippen LogP contribution in [0.5, 0.6) is 0 Å². The second kappa shape index (κ2) is 22.5. The predicted molar refractivity (Wildman–Crippen MR) is 62.9 cm³/mol. The lowest BCUT2D eigenvalue weighted by Gasteiger charge is -1.89. The van der Waals surface area contributed by atoms with Crippen LogP contribution in [-0.4, -0.2) is 11.7 Å². The van der Waals surface area contributed by atoms with E-state index in [9.17, 15) is 0 Å². The van der Waals surface area contributed by atoms with Crippen molar-refractivity contribution in [2.45, 2.75) is 34.6 Å². The minimum atomic E-state index is 0.0981. The van der Waals surface area contributed by atoms with E-state index in [2.05, 4.69) is 6.58 Å². The van der Waals surface area contributed by atoms with E-state index < -0.39 is 0 Å². The van der Waals surface area contributed by atoms with Crippen molar-refractivity contribution in [3.8, 4) is 0 Å². The van der Waals surface area contributed by atoms with Crippen molar-refractivity contribution >= 4 is 0 Å². The summed E-state index contributed by atoms with van der Waals surface area (Å²) >= 11 is 0. The molecule has 0 amide bonds. The number of aliphatic hydroxyl groups excluding tert-OH is 1. The molecule has 1 nitrogen and oxygen atoms in total. The Morgan fingerprint density at radius 1 is 1.23 bits per heavy atom. The van der Waals surface area contributed by atoms with E-state index in [4.69, 9.17) is 5.11 Å². The van der Waals surface area contributed by atoms with Crippen LogP contribution in [0, 0.1) is 0 Å². The van der Waals surface area contributed by atoms with Crippen LogP contribution < -0.4 is 0 Å². The van der Waals surface area contributed by atoms with Crippen LogP contribution in [0.3, 0.4) is 0 Å². The summed E-state index contributed by atoms with van der Waals surface area (Å²) in [6, 6.07) is 0. The number of allylic oxidation sites excluding steroid dienone is 3. The molecule has 13 heavy (non-hydrogen) atoms. The molecule has 0 aromatic carbocycles. The SMILES string of the molecule is C=C/C=C\C(=C/C)CO.CC.CC. The normalized spacial score (nSPS) is 9.54. The summed E-state index contributed by atoms with van der Waals surface area (Å²) in [6.07, 6.45) is 7.16. The fourth-order valence-corrected chi connectivity index (χ4v) is 0.432. The molecule has 0 radical (unpaired) electrons. The van der Waals surface area contributed by atoms with Gasteiger partial charge in [0, 0.05) is 0 Å². The third-order valence-electron chi connectivity index (χ3n) is 1.000. The lowest BCUT2D eigenvalue weighted by Crippen LogP contribution is -1.83. The summed E-state index contributed by atoms with van der Waals surface area (Å²) < 4.78 is 0. The van der Waals surface area contributed by atoms with Gasteiger partial charge in [-0.05, 0) is 12.5 Å². The van der Waals surface area contributed by atoms with Gasteiger partial charge in [0.1, 0.15) is 0 Å². The molecular formula is C12H24O. The number of aliphatic hydroxyl groups is 1. The first-order valence-corrected chi connectivity index (χ1v) is 4.90. The smallest absolute Gasteiger partial charge is 0.0678 e. The standard InChI is InChI=1S/C8H12O.2C2H6/c1-3-5-6-8(4-2)7-9;2*1-2/h3-6,9H,1,7H2,2H3;2*1-2H3/b6-5-,8-4+;;. The fraction of sp³-hybridized carbons (Fsp3) is 0.500. The first kappa shape index (κ1) is 18.1. The van der Waals surface area contributed by atoms with Crippen LogP contribution in [0.25, 0.3) is 0 Å². The van der Waals surface area contributed by atoms with Crippen LogP contribution in [0.4, 0.5) is 0 Å². The molecule has 78 valence electrons. The maximum absolute atomic E-state index is 8.60. The Labute approximate surface area is 83.5 Å². The van der Waals surface area contributed by atoms with E-state index in [1.165, 1.54) is 0 Å². The molecule has 0 spiro atoms. The fourth-order valence-electron chi connectivity index (χ4n) is 0.432. The largest absolute Gasteiger partial charge is 0.392 e. The zero-order valence-electron chi connectivity index (χ0n) is 9.67. The molecule has 0 rings (SSSR count). The highest BCUT2D eigenvalue weighted by Gasteiger charge is 1.81. The molecule has 0 heterocycles. The van der Waals surface area contributed by atoms with Gasteiger partial charge >= 0.3 is 0 Å². The maximum Gasteiger partial charge on any atom is 0.0678 e. The highest BCUT2D eigenvalue weighted by molar-refractivity contribution is 5.20. The Morgan fingerprint density at radius 2 is 1.69 bits per heavy atom. The lowest BCUT2D eigenvalue weighted by atomic mass is 10.2. The zero-order valence-corrected chi connectivity index (χ0v) is 9.67. The van der Waals surface area contributed by atoms with E-state index in [-0.39, 0.29) is 6.61 Å². The molecule has 1 heteroatoms. The van der Waals surface area contributed by atoms with Crippen molar-refractivity contribution in [2.75, 3.05) is 6.61 Å². The molecule has 0 atom stereocenters. The van der Waals surface area contributed by atoms with Crippen LogP contribution in [0.2, 0.25) is 0 Å². The summed E-state index contributed by atoms with van der Waals surface area (Å²) in [5.41, 5.74) is 0.912. The van der Waals surface area contributed by atoms with Crippen LogP contribution in [0.1, 0.15) is 34.6 Å². The average molecular weight is 184 g/mol. The van der Waals surface area contributed by atoms with Gasteiger partial charge in [-0.1, -0.05) is 58.6 Å². The van der Waals surface area contributed by atoms with Crippen LogP contribution >= 0.6 is 0 Å². The van der Waals surface area contributed by atoms with Gasteiger partial charge in [-0.2, -0.15) is 0 Å². The molecule has 0 aromatic rings. The summed E-state index contributed by atoms with van der Waals surface area (Å²) in [5, 5.41) is 8.60. The highest BCUT2D eigenvalue weighted by atomic mass is 16.3. The number of hydrogen-bond acceptors (Lipinski definition) is 1. The van der Waals surface area contributed by atoms with Gasteiger partial charge in [-0.3, -0.25) is 0 Å². The molecule has 0 aliphatic rings. The zero-order chi connectivity index (χ0) is 11.1. The predicted octanol–water partition coefficient (Wildman–Crippen LogP) is 3.72. The van der Waals surface area contributed by atoms with E-state index in [1.54, 1.807) is 12.2 Å². The van der Waals surface area contributed by atoms with Gasteiger partial charge in [0.05, 0.1) is 6.61 Å². The molecule has 0 saturated heterocycles. The third-order valence-corrected chi connectivity index (χ3v) is 1.000. The highest BCUT2D eigenvalue weighted by Crippen LogP contribution is 1.93. The van der Waals surface area contributed by atoms with Gasteiger partial charge in [0.25, 0.3) is 0 Å². The Balaban J connectivity index is -0.000000218. The van der Waals surface area contributed by atoms with Crippen molar-refractivity contribution < 1.29 is 5.11 Å². The van der Waals surface area contributed by atoms with Gasteiger partial charge in [-0.15, -0.1) is 0 Å². The van der Waals surface area contributed by atoms with Crippen molar-refractivity contribution in [2.24, 2.45) is 0 Å². The average Bonchev–Trinajstić information content (AvgIpc) is 2.25. The van der Waals surface area contributed by atoms with Crippen molar-refractivity contribution in [1.29, 1.82) is 0 Å². The molecule has 0 bridgehead atoms. The summed E-state index contributed by atoms with van der Waals surface area (Å²) in [5.74, 6) is 0. The van der Waals surface area contributed by atoms with Crippen LogP contribution in [0.15, 0.2) is 36.5 Å². The number of hydrogen-bond donors (Lipinski definition) is 1. The second-order valence-electron chi connectivity index (χ2n) is 1.62. The second-order valence-corrected chi connectivity index (χ2v) is 1.62. The maximum atomic E-state index is 8.60. The van der Waals surface area contributed by atoms with Gasteiger partial charge in [0.15, 0.2) is 0 Å². The molecule has 0 aliphatic carbocycles. The minimum Gasteiger partial charge on any atom is -0.392 e. The van der Waals surface area contributed by atoms with E-state index in [0.29, 0.717) is 0 Å². The third kappa shape index (κ3) is 18.3. The molecule has 0 fully saturated rings. The van der Waals surface area contributed by atoms with E-state index in [0.717, 1.165) is 5.57 Å². The first-order valence-electron chi connectivity index (χ1n) is 4.90. The Bertz CT molecular complexity index is 132. The van der Waals surface area contributed by atoms with Gasteiger partial charge < -0.3 is 5.11 Å². The summed E-state index contributed by atoms with van der Waals surface area (Å²) in [7, 11) is 0. The quantitative estimate of drug-likeness (QED) is 0.663. The Morgan fingerprint density at radius 3 is 1.92 bits per heavy atom. The van der Waals surface area contributed by atoms with Crippen molar-refractivity contribution in [1.82, 2.24) is 0 Å². The van der Waals surface area contributed by atoms with Crippen molar-refractivity contribution in [3.63, 3.8) is 0 Å². The van der Waals surface area contributed by atoms with E-state index in [1.807, 2.05) is 46.8 Å². The van der Waals surface area contributed by atoms with E-state index >= 15 is 0 Å².